The summed E-state index contributed by atoms with van der Waals surface area (Å²) in [5.41, 5.74) is 9.23. The molecule has 0 amide bonds. The van der Waals surface area contributed by atoms with Crippen molar-refractivity contribution in [2.75, 3.05) is 17.7 Å². The Morgan fingerprint density at radius 3 is 2.61 bits per heavy atom. The molecule has 4 heteroatoms. The van der Waals surface area contributed by atoms with Crippen LogP contribution in [0.5, 0.6) is 0 Å². The van der Waals surface area contributed by atoms with Crippen molar-refractivity contribution < 1.29 is 0 Å². The number of nitrogens with two attached hydrogens (primary N) is 1. The van der Waals surface area contributed by atoms with Crippen LogP contribution in [0.1, 0.15) is 18.1 Å². The fourth-order valence-electron chi connectivity index (χ4n) is 2.10. The van der Waals surface area contributed by atoms with Crippen LogP contribution in [-0.4, -0.2) is 17.0 Å². The van der Waals surface area contributed by atoms with Crippen molar-refractivity contribution in [3.05, 3.63) is 41.7 Å². The Hall–Kier alpha value is -2.10. The fourth-order valence-corrected chi connectivity index (χ4v) is 2.10. The average Bonchev–Trinajstić information content (AvgIpc) is 2.38. The van der Waals surface area contributed by atoms with Crippen LogP contribution in [0.15, 0.2) is 30.6 Å². The normalized spacial score (nSPS) is 10.4. The number of rotatable bonds is 3. The molecular weight excluding hydrogens is 224 g/mol. The number of para-hydroxylation sites is 1. The van der Waals surface area contributed by atoms with Crippen LogP contribution in [0.25, 0.3) is 0 Å². The third-order valence-corrected chi connectivity index (χ3v) is 3.10. The molecule has 0 atom stereocenters. The molecule has 4 nitrogen and oxygen atoms in total. The SMILES string of the molecule is CCc1c(N)ncnc1N(C)c1ccccc1C. The molecule has 2 aromatic rings. The molecule has 0 fully saturated rings. The van der Waals surface area contributed by atoms with Gasteiger partial charge >= 0.3 is 0 Å². The highest BCUT2D eigenvalue weighted by molar-refractivity contribution is 5.68. The fraction of sp³-hybridized carbons (Fsp3) is 0.286. The lowest BCUT2D eigenvalue weighted by Gasteiger charge is -2.23. The standard InChI is InChI=1S/C14H18N4/c1-4-11-13(15)16-9-17-14(11)18(3)12-8-6-5-7-10(12)2/h5-9H,4H2,1-3H3,(H2,15,16,17). The maximum absolute atomic E-state index is 5.91. The van der Waals surface area contributed by atoms with Gasteiger partial charge in [-0.15, -0.1) is 0 Å². The van der Waals surface area contributed by atoms with Gasteiger partial charge in [-0.3, -0.25) is 0 Å². The predicted octanol–water partition coefficient (Wildman–Crippen LogP) is 2.70. The molecule has 1 aromatic heterocycles. The van der Waals surface area contributed by atoms with Gasteiger partial charge < -0.3 is 10.6 Å². The van der Waals surface area contributed by atoms with Crippen molar-refractivity contribution in [2.24, 2.45) is 0 Å². The summed E-state index contributed by atoms with van der Waals surface area (Å²) in [6.07, 6.45) is 2.33. The lowest BCUT2D eigenvalue weighted by atomic mass is 10.1. The first-order valence-electron chi connectivity index (χ1n) is 6.03. The number of anilines is 3. The Morgan fingerprint density at radius 1 is 1.22 bits per heavy atom. The summed E-state index contributed by atoms with van der Waals surface area (Å²) in [6, 6.07) is 8.21. The monoisotopic (exact) mass is 242 g/mol. The summed E-state index contributed by atoms with van der Waals surface area (Å²) in [4.78, 5) is 10.5. The molecule has 0 unspecified atom stereocenters. The minimum Gasteiger partial charge on any atom is -0.383 e. The van der Waals surface area contributed by atoms with Crippen LogP contribution in [-0.2, 0) is 6.42 Å². The second kappa shape index (κ2) is 5.04. The van der Waals surface area contributed by atoms with Crippen LogP contribution < -0.4 is 10.6 Å². The molecule has 1 aromatic carbocycles. The molecule has 18 heavy (non-hydrogen) atoms. The molecule has 94 valence electrons. The Kier molecular flexibility index (Phi) is 3.46. The molecule has 0 saturated heterocycles. The highest BCUT2D eigenvalue weighted by Gasteiger charge is 2.14. The number of nitrogens with zero attached hydrogens (tertiary/aromatic N) is 3. The van der Waals surface area contributed by atoms with E-state index in [2.05, 4.69) is 40.8 Å². The summed E-state index contributed by atoms with van der Waals surface area (Å²) in [5.74, 6) is 1.43. The number of benzene rings is 1. The Morgan fingerprint density at radius 2 is 1.94 bits per heavy atom. The third-order valence-electron chi connectivity index (χ3n) is 3.10. The zero-order valence-electron chi connectivity index (χ0n) is 11.0. The van der Waals surface area contributed by atoms with E-state index in [0.29, 0.717) is 5.82 Å². The molecule has 1 heterocycles. The number of nitrogen functional groups attached to an aromatic ring is 1. The Balaban J connectivity index is 2.50. The lowest BCUT2D eigenvalue weighted by Crippen LogP contribution is -2.16. The molecular formula is C14H18N4. The lowest BCUT2D eigenvalue weighted by molar-refractivity contribution is 1.00. The van der Waals surface area contributed by atoms with E-state index in [9.17, 15) is 0 Å². The van der Waals surface area contributed by atoms with Crippen LogP contribution in [0, 0.1) is 6.92 Å². The van der Waals surface area contributed by atoms with Gasteiger partial charge in [-0.2, -0.15) is 0 Å². The number of aromatic nitrogens is 2. The maximum atomic E-state index is 5.91. The van der Waals surface area contributed by atoms with E-state index in [-0.39, 0.29) is 0 Å². The second-order valence-electron chi connectivity index (χ2n) is 4.26. The van der Waals surface area contributed by atoms with E-state index in [4.69, 9.17) is 5.73 Å². The zero-order chi connectivity index (χ0) is 13.1. The van der Waals surface area contributed by atoms with E-state index in [0.717, 1.165) is 23.5 Å². The summed E-state index contributed by atoms with van der Waals surface area (Å²) < 4.78 is 0. The third kappa shape index (κ3) is 2.14. The van der Waals surface area contributed by atoms with Crippen molar-refractivity contribution >= 4 is 17.3 Å². The minimum atomic E-state index is 0.558. The van der Waals surface area contributed by atoms with Gasteiger partial charge in [0.05, 0.1) is 0 Å². The topological polar surface area (TPSA) is 55.0 Å². The van der Waals surface area contributed by atoms with E-state index in [1.807, 2.05) is 19.2 Å². The van der Waals surface area contributed by atoms with Gasteiger partial charge in [-0.05, 0) is 25.0 Å². The first kappa shape index (κ1) is 12.4. The molecule has 2 N–H and O–H groups in total. The first-order chi connectivity index (χ1) is 8.65. The summed E-state index contributed by atoms with van der Waals surface area (Å²) in [6.45, 7) is 4.15. The number of hydrogen-bond acceptors (Lipinski definition) is 4. The Labute approximate surface area is 107 Å². The van der Waals surface area contributed by atoms with Crippen molar-refractivity contribution in [1.82, 2.24) is 9.97 Å². The Bertz CT molecular complexity index is 551. The van der Waals surface area contributed by atoms with Gasteiger partial charge in [0, 0.05) is 18.3 Å². The molecule has 0 spiro atoms. The van der Waals surface area contributed by atoms with Gasteiger partial charge in [0.25, 0.3) is 0 Å². The van der Waals surface area contributed by atoms with E-state index >= 15 is 0 Å². The van der Waals surface area contributed by atoms with Gasteiger partial charge in [0.1, 0.15) is 18.0 Å². The minimum absolute atomic E-state index is 0.558. The highest BCUT2D eigenvalue weighted by atomic mass is 15.2. The first-order valence-corrected chi connectivity index (χ1v) is 6.03. The average molecular weight is 242 g/mol. The van der Waals surface area contributed by atoms with Gasteiger partial charge in [0.2, 0.25) is 0 Å². The van der Waals surface area contributed by atoms with E-state index in [1.165, 1.54) is 11.9 Å². The van der Waals surface area contributed by atoms with Gasteiger partial charge in [0.15, 0.2) is 0 Å². The summed E-state index contributed by atoms with van der Waals surface area (Å²) in [5, 5.41) is 0. The molecule has 0 aliphatic heterocycles. The zero-order valence-corrected chi connectivity index (χ0v) is 11.0. The molecule has 0 saturated carbocycles. The van der Waals surface area contributed by atoms with Gasteiger partial charge in [-0.25, -0.2) is 9.97 Å². The maximum Gasteiger partial charge on any atom is 0.141 e. The second-order valence-corrected chi connectivity index (χ2v) is 4.26. The van der Waals surface area contributed by atoms with Crippen LogP contribution >= 0.6 is 0 Å². The highest BCUT2D eigenvalue weighted by Crippen LogP contribution is 2.29. The van der Waals surface area contributed by atoms with Crippen LogP contribution in [0.3, 0.4) is 0 Å². The van der Waals surface area contributed by atoms with Crippen molar-refractivity contribution in [2.45, 2.75) is 20.3 Å². The number of aryl methyl sites for hydroxylation is 1. The van der Waals surface area contributed by atoms with Crippen molar-refractivity contribution in [3.63, 3.8) is 0 Å². The summed E-state index contributed by atoms with van der Waals surface area (Å²) >= 11 is 0. The van der Waals surface area contributed by atoms with Crippen LogP contribution in [0.2, 0.25) is 0 Å². The van der Waals surface area contributed by atoms with Crippen molar-refractivity contribution in [3.8, 4) is 0 Å². The quantitative estimate of drug-likeness (QED) is 0.899. The number of hydrogen-bond donors (Lipinski definition) is 1. The summed E-state index contributed by atoms with van der Waals surface area (Å²) in [7, 11) is 2.00. The van der Waals surface area contributed by atoms with Gasteiger partial charge in [-0.1, -0.05) is 25.1 Å². The molecule has 0 aliphatic carbocycles. The smallest absolute Gasteiger partial charge is 0.141 e. The molecule has 0 bridgehead atoms. The van der Waals surface area contributed by atoms with Crippen LogP contribution in [0.4, 0.5) is 17.3 Å². The van der Waals surface area contributed by atoms with E-state index in [1.54, 1.807) is 0 Å². The molecule has 2 rings (SSSR count). The molecule has 0 radical (unpaired) electrons. The molecule has 0 aliphatic rings. The van der Waals surface area contributed by atoms with E-state index < -0.39 is 0 Å². The predicted molar refractivity (Wildman–Crippen MR) is 75.1 cm³/mol. The van der Waals surface area contributed by atoms with Crippen molar-refractivity contribution in [1.29, 1.82) is 0 Å². The largest absolute Gasteiger partial charge is 0.383 e.